The normalized spacial score (nSPS) is 23.0. The van der Waals surface area contributed by atoms with Gasteiger partial charge in [-0.05, 0) is 61.9 Å². The zero-order chi connectivity index (χ0) is 10.8. The summed E-state index contributed by atoms with van der Waals surface area (Å²) in [6, 6.07) is 6.91. The topological polar surface area (TPSA) is 12.0 Å². The molecule has 1 saturated heterocycles. The van der Waals surface area contributed by atoms with E-state index in [0.29, 0.717) is 5.92 Å². The highest BCUT2D eigenvalue weighted by molar-refractivity contribution is 5.32. The monoisotopic (exact) mass is 203 g/mol. The standard InChI is InChI=1S/C14H21N/c1-10-4-5-13(8-11(10)2)12(3)14-6-7-15-9-14/h4-5,8,12,14-15H,6-7,9H2,1-3H3. The lowest BCUT2D eigenvalue weighted by molar-refractivity contribution is 0.487. The summed E-state index contributed by atoms with van der Waals surface area (Å²) in [5.41, 5.74) is 4.33. The summed E-state index contributed by atoms with van der Waals surface area (Å²) >= 11 is 0. The molecule has 0 bridgehead atoms. The highest BCUT2D eigenvalue weighted by Gasteiger charge is 2.22. The van der Waals surface area contributed by atoms with Gasteiger partial charge >= 0.3 is 0 Å². The summed E-state index contributed by atoms with van der Waals surface area (Å²) in [5, 5.41) is 3.45. The van der Waals surface area contributed by atoms with Gasteiger partial charge in [-0.1, -0.05) is 25.1 Å². The molecular formula is C14H21N. The quantitative estimate of drug-likeness (QED) is 0.779. The first kappa shape index (κ1) is 10.7. The third kappa shape index (κ3) is 2.23. The molecule has 1 aromatic rings. The number of rotatable bonds is 2. The van der Waals surface area contributed by atoms with Crippen LogP contribution in [-0.2, 0) is 0 Å². The number of hydrogen-bond acceptors (Lipinski definition) is 1. The van der Waals surface area contributed by atoms with Gasteiger partial charge in [-0.3, -0.25) is 0 Å². The lowest BCUT2D eigenvalue weighted by atomic mass is 9.86. The van der Waals surface area contributed by atoms with E-state index in [1.807, 2.05) is 0 Å². The van der Waals surface area contributed by atoms with Crippen molar-refractivity contribution < 1.29 is 0 Å². The average Bonchev–Trinajstić information content (AvgIpc) is 2.74. The third-order valence-corrected chi connectivity index (χ3v) is 3.86. The molecule has 1 aliphatic heterocycles. The molecule has 0 radical (unpaired) electrons. The average molecular weight is 203 g/mol. The van der Waals surface area contributed by atoms with Crippen LogP contribution in [0, 0.1) is 19.8 Å². The molecule has 1 N–H and O–H groups in total. The largest absolute Gasteiger partial charge is 0.316 e. The number of nitrogens with one attached hydrogen (secondary N) is 1. The summed E-state index contributed by atoms with van der Waals surface area (Å²) in [6.45, 7) is 9.13. The van der Waals surface area contributed by atoms with Crippen LogP contribution in [0.15, 0.2) is 18.2 Å². The van der Waals surface area contributed by atoms with Crippen LogP contribution in [0.3, 0.4) is 0 Å². The molecule has 82 valence electrons. The van der Waals surface area contributed by atoms with Gasteiger partial charge in [-0.2, -0.15) is 0 Å². The Labute approximate surface area is 92.9 Å². The highest BCUT2D eigenvalue weighted by atomic mass is 14.9. The van der Waals surface area contributed by atoms with Crippen LogP contribution in [0.5, 0.6) is 0 Å². The Morgan fingerprint density at radius 1 is 1.27 bits per heavy atom. The van der Waals surface area contributed by atoms with E-state index in [4.69, 9.17) is 0 Å². The van der Waals surface area contributed by atoms with Crippen LogP contribution in [-0.4, -0.2) is 13.1 Å². The van der Waals surface area contributed by atoms with Crippen molar-refractivity contribution in [1.29, 1.82) is 0 Å². The van der Waals surface area contributed by atoms with Crippen molar-refractivity contribution in [3.63, 3.8) is 0 Å². The van der Waals surface area contributed by atoms with Crippen LogP contribution in [0.1, 0.15) is 36.0 Å². The zero-order valence-electron chi connectivity index (χ0n) is 10.0. The van der Waals surface area contributed by atoms with Crippen LogP contribution in [0.4, 0.5) is 0 Å². The van der Waals surface area contributed by atoms with Gasteiger partial charge in [-0.25, -0.2) is 0 Å². The van der Waals surface area contributed by atoms with E-state index >= 15 is 0 Å². The van der Waals surface area contributed by atoms with Gasteiger partial charge in [0.2, 0.25) is 0 Å². The fraction of sp³-hybridized carbons (Fsp3) is 0.571. The van der Waals surface area contributed by atoms with Crippen LogP contribution < -0.4 is 5.32 Å². The van der Waals surface area contributed by atoms with Gasteiger partial charge in [0.05, 0.1) is 0 Å². The second-order valence-corrected chi connectivity index (χ2v) is 4.89. The summed E-state index contributed by atoms with van der Waals surface area (Å²) in [7, 11) is 0. The molecule has 1 heterocycles. The Kier molecular flexibility index (Phi) is 3.11. The minimum absolute atomic E-state index is 0.694. The summed E-state index contributed by atoms with van der Waals surface area (Å²) in [5.74, 6) is 1.52. The third-order valence-electron chi connectivity index (χ3n) is 3.86. The van der Waals surface area contributed by atoms with Gasteiger partial charge in [0.1, 0.15) is 0 Å². The van der Waals surface area contributed by atoms with Gasteiger partial charge in [0.25, 0.3) is 0 Å². The van der Waals surface area contributed by atoms with Crippen molar-refractivity contribution in [3.05, 3.63) is 34.9 Å². The number of hydrogen-bond donors (Lipinski definition) is 1. The predicted octanol–water partition coefficient (Wildman–Crippen LogP) is 3.02. The maximum Gasteiger partial charge on any atom is -0.00143 e. The molecule has 1 aromatic carbocycles. The molecule has 2 rings (SSSR count). The molecule has 2 atom stereocenters. The molecule has 2 unspecified atom stereocenters. The maximum absolute atomic E-state index is 3.45. The predicted molar refractivity (Wildman–Crippen MR) is 65.3 cm³/mol. The molecule has 0 saturated carbocycles. The fourth-order valence-corrected chi connectivity index (χ4v) is 2.42. The van der Waals surface area contributed by atoms with E-state index < -0.39 is 0 Å². The van der Waals surface area contributed by atoms with Crippen molar-refractivity contribution >= 4 is 0 Å². The van der Waals surface area contributed by atoms with Crippen molar-refractivity contribution in [2.45, 2.75) is 33.1 Å². The Balaban J connectivity index is 2.17. The Bertz CT molecular complexity index is 337. The lowest BCUT2D eigenvalue weighted by Gasteiger charge is -2.19. The van der Waals surface area contributed by atoms with Crippen molar-refractivity contribution in [3.8, 4) is 0 Å². The van der Waals surface area contributed by atoms with Gasteiger partial charge in [0, 0.05) is 0 Å². The highest BCUT2D eigenvalue weighted by Crippen LogP contribution is 2.29. The summed E-state index contributed by atoms with van der Waals surface area (Å²) in [4.78, 5) is 0. The molecule has 0 amide bonds. The van der Waals surface area contributed by atoms with E-state index in [9.17, 15) is 0 Å². The first-order valence-electron chi connectivity index (χ1n) is 5.96. The number of aryl methyl sites for hydroxylation is 2. The van der Waals surface area contributed by atoms with Crippen LogP contribution in [0.25, 0.3) is 0 Å². The molecule has 1 heteroatoms. The van der Waals surface area contributed by atoms with Gasteiger partial charge in [-0.15, -0.1) is 0 Å². The first-order chi connectivity index (χ1) is 7.18. The minimum atomic E-state index is 0.694. The molecule has 1 fully saturated rings. The molecule has 0 aromatic heterocycles. The lowest BCUT2D eigenvalue weighted by Crippen LogP contribution is -2.14. The van der Waals surface area contributed by atoms with Crippen molar-refractivity contribution in [2.24, 2.45) is 5.92 Å². The van der Waals surface area contributed by atoms with Gasteiger partial charge in [0.15, 0.2) is 0 Å². The minimum Gasteiger partial charge on any atom is -0.316 e. The van der Waals surface area contributed by atoms with Gasteiger partial charge < -0.3 is 5.32 Å². The van der Waals surface area contributed by atoms with E-state index in [-0.39, 0.29) is 0 Å². The SMILES string of the molecule is Cc1ccc(C(C)C2CCNC2)cc1C. The Hall–Kier alpha value is -0.820. The first-order valence-corrected chi connectivity index (χ1v) is 5.96. The molecule has 1 aliphatic rings. The van der Waals surface area contributed by atoms with Crippen molar-refractivity contribution in [1.82, 2.24) is 5.32 Å². The molecule has 0 spiro atoms. The van der Waals surface area contributed by atoms with Crippen LogP contribution >= 0.6 is 0 Å². The van der Waals surface area contributed by atoms with E-state index in [1.165, 1.54) is 36.2 Å². The second kappa shape index (κ2) is 4.36. The summed E-state index contributed by atoms with van der Waals surface area (Å²) < 4.78 is 0. The van der Waals surface area contributed by atoms with Crippen molar-refractivity contribution in [2.75, 3.05) is 13.1 Å². The molecule has 1 nitrogen and oxygen atoms in total. The smallest absolute Gasteiger partial charge is 0.00143 e. The van der Waals surface area contributed by atoms with Crippen LogP contribution in [0.2, 0.25) is 0 Å². The molecule has 15 heavy (non-hydrogen) atoms. The zero-order valence-corrected chi connectivity index (χ0v) is 10.0. The van der Waals surface area contributed by atoms with E-state index in [2.05, 4.69) is 44.3 Å². The maximum atomic E-state index is 3.45. The summed E-state index contributed by atoms with van der Waals surface area (Å²) in [6.07, 6.45) is 1.33. The molecule has 0 aliphatic carbocycles. The van der Waals surface area contributed by atoms with E-state index in [1.54, 1.807) is 0 Å². The fourth-order valence-electron chi connectivity index (χ4n) is 2.42. The number of benzene rings is 1. The Morgan fingerprint density at radius 3 is 2.67 bits per heavy atom. The van der Waals surface area contributed by atoms with E-state index in [0.717, 1.165) is 5.92 Å². The Morgan fingerprint density at radius 2 is 2.07 bits per heavy atom. The molecular weight excluding hydrogens is 182 g/mol. The second-order valence-electron chi connectivity index (χ2n) is 4.89.